The van der Waals surface area contributed by atoms with Gasteiger partial charge in [-0.3, -0.25) is 9.78 Å². The number of carbonyl (C=O) groups excluding carboxylic acids is 1. The molecule has 10 heteroatoms. The maximum Gasteiger partial charge on any atom is 0.418 e. The van der Waals surface area contributed by atoms with E-state index in [1.807, 2.05) is 0 Å². The van der Waals surface area contributed by atoms with Gasteiger partial charge in [-0.05, 0) is 54.1 Å². The van der Waals surface area contributed by atoms with Crippen LogP contribution in [-0.4, -0.2) is 18.0 Å². The van der Waals surface area contributed by atoms with E-state index >= 15 is 0 Å². The molecule has 3 rings (SSSR count). The van der Waals surface area contributed by atoms with Gasteiger partial charge in [0.25, 0.3) is 5.91 Å². The zero-order valence-corrected chi connectivity index (χ0v) is 16.5. The van der Waals surface area contributed by atoms with Crippen LogP contribution in [0.25, 0.3) is 0 Å². The normalized spacial score (nSPS) is 12.8. The lowest BCUT2D eigenvalue weighted by Crippen LogP contribution is -2.31. The smallest absolute Gasteiger partial charge is 0.418 e. The molecule has 2 aromatic carbocycles. The highest BCUT2D eigenvalue weighted by atomic mass is 19.4. The Balaban J connectivity index is 2.05. The van der Waals surface area contributed by atoms with Crippen LogP contribution >= 0.6 is 0 Å². The summed E-state index contributed by atoms with van der Waals surface area (Å²) in [4.78, 5) is 16.5. The van der Waals surface area contributed by atoms with E-state index in [0.717, 1.165) is 42.6 Å². The number of aromatic nitrogens is 1. The Morgan fingerprint density at radius 3 is 2.06 bits per heavy atom. The van der Waals surface area contributed by atoms with Crippen molar-refractivity contribution in [3.05, 3.63) is 94.8 Å². The predicted molar refractivity (Wildman–Crippen MR) is 103 cm³/mol. The topological polar surface area (TPSA) is 51.2 Å². The van der Waals surface area contributed by atoms with Crippen molar-refractivity contribution in [2.24, 2.45) is 0 Å². The summed E-state index contributed by atoms with van der Waals surface area (Å²) in [5.41, 5.74) is -2.50. The molecule has 1 heterocycles. The van der Waals surface area contributed by atoms with Crippen molar-refractivity contribution in [2.45, 2.75) is 18.4 Å². The molecule has 4 nitrogen and oxygen atoms in total. The first-order chi connectivity index (χ1) is 15.0. The first-order valence-corrected chi connectivity index (χ1v) is 9.15. The summed E-state index contributed by atoms with van der Waals surface area (Å²) in [6.07, 6.45) is -8.30. The number of hydrogen-bond acceptors (Lipinski definition) is 3. The van der Waals surface area contributed by atoms with Crippen molar-refractivity contribution in [1.29, 1.82) is 0 Å². The predicted octanol–water partition coefficient (Wildman–Crippen LogP) is 5.65. The highest BCUT2D eigenvalue weighted by Crippen LogP contribution is 2.36. The first-order valence-electron chi connectivity index (χ1n) is 9.15. The molecule has 0 radical (unpaired) electrons. The molecule has 3 aromatic rings. The Kier molecular flexibility index (Phi) is 6.42. The van der Waals surface area contributed by atoms with Gasteiger partial charge >= 0.3 is 12.4 Å². The molecule has 1 atom stereocenters. The van der Waals surface area contributed by atoms with Crippen LogP contribution in [0.15, 0.2) is 66.9 Å². The number of nitrogens with one attached hydrogen (secondary N) is 1. The van der Waals surface area contributed by atoms with E-state index in [0.29, 0.717) is 5.75 Å². The Morgan fingerprint density at radius 2 is 1.53 bits per heavy atom. The zero-order chi connectivity index (χ0) is 23.5. The molecule has 0 fully saturated rings. The van der Waals surface area contributed by atoms with Crippen LogP contribution in [0.5, 0.6) is 5.75 Å². The molecular formula is C22H16F6N2O2. The van der Waals surface area contributed by atoms with Crippen molar-refractivity contribution < 1.29 is 35.9 Å². The Bertz CT molecular complexity index is 1080. The summed E-state index contributed by atoms with van der Waals surface area (Å²) in [5.74, 6) is -0.277. The largest absolute Gasteiger partial charge is 0.497 e. The van der Waals surface area contributed by atoms with E-state index in [1.54, 1.807) is 0 Å². The number of ether oxygens (including phenoxy) is 1. The Labute approximate surface area is 178 Å². The quantitative estimate of drug-likeness (QED) is 0.507. The highest BCUT2D eigenvalue weighted by Gasteiger charge is 2.37. The first kappa shape index (κ1) is 23.1. The average Bonchev–Trinajstić information content (AvgIpc) is 2.76. The van der Waals surface area contributed by atoms with E-state index in [9.17, 15) is 31.1 Å². The minimum atomic E-state index is -4.79. The van der Waals surface area contributed by atoms with Crippen molar-refractivity contribution >= 4 is 5.91 Å². The third-order valence-corrected chi connectivity index (χ3v) is 4.62. The maximum absolute atomic E-state index is 13.6. The summed E-state index contributed by atoms with van der Waals surface area (Å²) in [6.45, 7) is 0. The van der Waals surface area contributed by atoms with E-state index in [-0.39, 0.29) is 11.1 Å². The second kappa shape index (κ2) is 8.89. The SMILES string of the molecule is COc1ccc(C(=O)NC(c2ccc(C(F)(F)F)cc2)c2ncccc2C(F)(F)F)cc1. The maximum atomic E-state index is 13.6. The van der Waals surface area contributed by atoms with Crippen LogP contribution in [-0.2, 0) is 12.4 Å². The minimum Gasteiger partial charge on any atom is -0.497 e. The number of benzene rings is 2. The van der Waals surface area contributed by atoms with Gasteiger partial charge in [0, 0.05) is 11.8 Å². The number of amides is 1. The molecule has 0 spiro atoms. The molecule has 0 aliphatic carbocycles. The minimum absolute atomic E-state index is 0.00376. The molecule has 0 saturated heterocycles. The Morgan fingerprint density at radius 1 is 0.906 bits per heavy atom. The number of rotatable bonds is 5. The summed E-state index contributed by atoms with van der Waals surface area (Å²) in [6, 6.07) is 9.70. The standard InChI is InChI=1S/C22H16F6N2O2/c1-32-16-10-6-14(7-11-16)20(31)30-18(13-4-8-15(9-5-13)21(23,24)25)19-17(22(26,27)28)3-2-12-29-19/h2-12,18H,1H3,(H,30,31). The Hall–Kier alpha value is -3.56. The fourth-order valence-corrected chi connectivity index (χ4v) is 3.02. The molecule has 1 amide bonds. The highest BCUT2D eigenvalue weighted by molar-refractivity contribution is 5.94. The van der Waals surface area contributed by atoms with Gasteiger partial charge in [0.2, 0.25) is 0 Å². The van der Waals surface area contributed by atoms with Gasteiger partial charge in [-0.1, -0.05) is 12.1 Å². The second-order valence-electron chi connectivity index (χ2n) is 6.69. The monoisotopic (exact) mass is 454 g/mol. The van der Waals surface area contributed by atoms with Gasteiger partial charge in [-0.25, -0.2) is 0 Å². The number of pyridine rings is 1. The summed E-state index contributed by atoms with van der Waals surface area (Å²) < 4.78 is 84.5. The lowest BCUT2D eigenvalue weighted by atomic mass is 9.97. The molecule has 1 N–H and O–H groups in total. The van der Waals surface area contributed by atoms with Crippen molar-refractivity contribution in [1.82, 2.24) is 10.3 Å². The van der Waals surface area contributed by atoms with E-state index in [4.69, 9.17) is 4.74 Å². The van der Waals surface area contributed by atoms with Gasteiger partial charge in [0.05, 0.1) is 30.0 Å². The van der Waals surface area contributed by atoms with Crippen LogP contribution < -0.4 is 10.1 Å². The number of nitrogens with zero attached hydrogens (tertiary/aromatic N) is 1. The zero-order valence-electron chi connectivity index (χ0n) is 16.5. The molecule has 32 heavy (non-hydrogen) atoms. The molecule has 1 unspecified atom stereocenters. The van der Waals surface area contributed by atoms with Gasteiger partial charge in [-0.15, -0.1) is 0 Å². The molecular weight excluding hydrogens is 438 g/mol. The second-order valence-corrected chi connectivity index (χ2v) is 6.69. The summed E-state index contributed by atoms with van der Waals surface area (Å²) in [5, 5.41) is 2.45. The summed E-state index contributed by atoms with van der Waals surface area (Å²) in [7, 11) is 1.43. The van der Waals surface area contributed by atoms with Crippen LogP contribution in [0, 0.1) is 0 Å². The lowest BCUT2D eigenvalue weighted by Gasteiger charge is -2.23. The van der Waals surface area contributed by atoms with Crippen LogP contribution in [0.2, 0.25) is 0 Å². The molecule has 0 saturated carbocycles. The average molecular weight is 454 g/mol. The molecule has 0 bridgehead atoms. The van der Waals surface area contributed by atoms with Crippen LogP contribution in [0.4, 0.5) is 26.3 Å². The number of halogens is 6. The lowest BCUT2D eigenvalue weighted by molar-refractivity contribution is -0.139. The third kappa shape index (κ3) is 5.19. The van der Waals surface area contributed by atoms with Crippen molar-refractivity contribution in [2.75, 3.05) is 7.11 Å². The van der Waals surface area contributed by atoms with Gasteiger partial charge in [-0.2, -0.15) is 26.3 Å². The van der Waals surface area contributed by atoms with Crippen LogP contribution in [0.1, 0.15) is 38.8 Å². The fraction of sp³-hybridized carbons (Fsp3) is 0.182. The number of methoxy groups -OCH3 is 1. The molecule has 168 valence electrons. The summed E-state index contributed by atoms with van der Waals surface area (Å²) >= 11 is 0. The van der Waals surface area contributed by atoms with Gasteiger partial charge < -0.3 is 10.1 Å². The van der Waals surface area contributed by atoms with Gasteiger partial charge in [0.1, 0.15) is 5.75 Å². The van der Waals surface area contributed by atoms with Gasteiger partial charge in [0.15, 0.2) is 0 Å². The molecule has 0 aliphatic heterocycles. The molecule has 0 aliphatic rings. The van der Waals surface area contributed by atoms with E-state index < -0.39 is 41.1 Å². The van der Waals surface area contributed by atoms with Crippen molar-refractivity contribution in [3.8, 4) is 5.75 Å². The van der Waals surface area contributed by atoms with Crippen LogP contribution in [0.3, 0.4) is 0 Å². The number of carbonyl (C=O) groups is 1. The molecule has 1 aromatic heterocycles. The third-order valence-electron chi connectivity index (χ3n) is 4.62. The van der Waals surface area contributed by atoms with Crippen molar-refractivity contribution in [3.63, 3.8) is 0 Å². The number of alkyl halides is 6. The number of hydrogen-bond donors (Lipinski definition) is 1. The van der Waals surface area contributed by atoms with E-state index in [2.05, 4.69) is 10.3 Å². The van der Waals surface area contributed by atoms with E-state index in [1.165, 1.54) is 31.4 Å². The fourth-order valence-electron chi connectivity index (χ4n) is 3.02.